The Balaban J connectivity index is 1.73. The van der Waals surface area contributed by atoms with Gasteiger partial charge >= 0.3 is 0 Å². The van der Waals surface area contributed by atoms with Gasteiger partial charge in [0.05, 0.1) is 6.04 Å². The Morgan fingerprint density at radius 2 is 1.50 bits per heavy atom. The zero-order valence-electron chi connectivity index (χ0n) is 11.3. The summed E-state index contributed by atoms with van der Waals surface area (Å²) < 4.78 is 0. The van der Waals surface area contributed by atoms with Crippen molar-refractivity contribution in [1.82, 2.24) is 5.32 Å². The van der Waals surface area contributed by atoms with E-state index in [1.807, 2.05) is 34.0 Å². The third-order valence-corrected chi connectivity index (χ3v) is 5.97. The zero-order valence-corrected chi connectivity index (χ0v) is 13.7. The second-order valence-electron chi connectivity index (χ2n) is 4.82. The summed E-state index contributed by atoms with van der Waals surface area (Å²) in [5.74, 6) is 0. The Hall–Kier alpha value is -0.940. The second kappa shape index (κ2) is 6.68. The first-order valence-corrected chi connectivity index (χ1v) is 9.32. The molecule has 0 spiro atoms. The van der Waals surface area contributed by atoms with Crippen LogP contribution in [-0.2, 0) is 6.42 Å². The third-order valence-electron chi connectivity index (χ3n) is 3.19. The van der Waals surface area contributed by atoms with E-state index in [0.29, 0.717) is 12.1 Å². The summed E-state index contributed by atoms with van der Waals surface area (Å²) in [6.07, 6.45) is 1.09. The molecule has 3 rings (SSSR count). The van der Waals surface area contributed by atoms with Crippen molar-refractivity contribution in [2.24, 2.45) is 0 Å². The van der Waals surface area contributed by atoms with Crippen LogP contribution in [0, 0.1) is 0 Å². The van der Waals surface area contributed by atoms with Crippen LogP contribution in [0.15, 0.2) is 52.5 Å². The Labute approximate surface area is 131 Å². The minimum absolute atomic E-state index is 0.324. The van der Waals surface area contributed by atoms with Crippen LogP contribution >= 0.6 is 34.0 Å². The van der Waals surface area contributed by atoms with Crippen LogP contribution in [-0.4, -0.2) is 6.04 Å². The molecule has 20 heavy (non-hydrogen) atoms. The average Bonchev–Trinajstić information content (AvgIpc) is 3.18. The first-order valence-electron chi connectivity index (χ1n) is 6.68. The second-order valence-corrected chi connectivity index (χ2v) is 7.81. The van der Waals surface area contributed by atoms with Crippen LogP contribution in [0.25, 0.3) is 0 Å². The molecule has 0 aliphatic carbocycles. The van der Waals surface area contributed by atoms with Gasteiger partial charge in [0.15, 0.2) is 0 Å². The van der Waals surface area contributed by atoms with Crippen molar-refractivity contribution in [3.05, 3.63) is 67.2 Å². The topological polar surface area (TPSA) is 12.0 Å². The minimum atomic E-state index is 0.324. The van der Waals surface area contributed by atoms with Crippen LogP contribution in [0.1, 0.15) is 27.6 Å². The molecule has 1 N–H and O–H groups in total. The summed E-state index contributed by atoms with van der Waals surface area (Å²) in [5, 5.41) is 10.2. The number of hydrogen-bond donors (Lipinski definition) is 1. The van der Waals surface area contributed by atoms with E-state index in [1.54, 1.807) is 0 Å². The maximum Gasteiger partial charge on any atom is 0.0767 e. The van der Waals surface area contributed by atoms with Crippen molar-refractivity contribution in [2.75, 3.05) is 0 Å². The number of nitrogens with one attached hydrogen (secondary N) is 1. The SMILES string of the molecule is CC(Cc1cccs1)NC(c1cccs1)c1cccs1. The molecule has 0 radical (unpaired) electrons. The Morgan fingerprint density at radius 1 is 0.900 bits per heavy atom. The molecule has 0 bridgehead atoms. The summed E-state index contributed by atoms with van der Waals surface area (Å²) in [7, 11) is 0. The normalized spacial score (nSPS) is 12.9. The predicted molar refractivity (Wildman–Crippen MR) is 91.1 cm³/mol. The lowest BCUT2D eigenvalue weighted by molar-refractivity contribution is 0.507. The summed E-state index contributed by atoms with van der Waals surface area (Å²) in [5.41, 5.74) is 0. The third kappa shape index (κ3) is 3.38. The van der Waals surface area contributed by atoms with Gasteiger partial charge in [-0.1, -0.05) is 18.2 Å². The van der Waals surface area contributed by atoms with Crippen LogP contribution in [0.3, 0.4) is 0 Å². The van der Waals surface area contributed by atoms with Crippen molar-refractivity contribution < 1.29 is 0 Å². The molecule has 0 saturated heterocycles. The number of thiophene rings is 3. The number of hydrogen-bond acceptors (Lipinski definition) is 4. The van der Waals surface area contributed by atoms with Gasteiger partial charge in [-0.25, -0.2) is 0 Å². The van der Waals surface area contributed by atoms with Crippen LogP contribution in [0.5, 0.6) is 0 Å². The van der Waals surface area contributed by atoms with Crippen molar-refractivity contribution in [3.63, 3.8) is 0 Å². The quantitative estimate of drug-likeness (QED) is 0.660. The van der Waals surface area contributed by atoms with E-state index >= 15 is 0 Å². The lowest BCUT2D eigenvalue weighted by Crippen LogP contribution is -2.31. The van der Waals surface area contributed by atoms with Gasteiger partial charge in [-0.3, -0.25) is 0 Å². The van der Waals surface area contributed by atoms with Gasteiger partial charge in [0.25, 0.3) is 0 Å². The van der Waals surface area contributed by atoms with E-state index in [0.717, 1.165) is 6.42 Å². The average molecular weight is 320 g/mol. The van der Waals surface area contributed by atoms with Crippen molar-refractivity contribution >= 4 is 34.0 Å². The lowest BCUT2D eigenvalue weighted by Gasteiger charge is -2.21. The standard InChI is InChI=1S/C16H17NS3/c1-12(11-13-5-2-8-18-13)17-16(14-6-3-9-19-14)15-7-4-10-20-15/h2-10,12,16-17H,11H2,1H3. The molecule has 104 valence electrons. The van der Waals surface area contributed by atoms with Crippen molar-refractivity contribution in [3.8, 4) is 0 Å². The lowest BCUT2D eigenvalue weighted by atomic mass is 10.1. The molecule has 3 aromatic rings. The van der Waals surface area contributed by atoms with E-state index in [4.69, 9.17) is 0 Å². The highest BCUT2D eigenvalue weighted by Crippen LogP contribution is 2.30. The van der Waals surface area contributed by atoms with Gasteiger partial charge in [0.2, 0.25) is 0 Å². The summed E-state index contributed by atoms with van der Waals surface area (Å²) in [6.45, 7) is 2.27. The molecule has 1 atom stereocenters. The Morgan fingerprint density at radius 3 is 2.00 bits per heavy atom. The highest BCUT2D eigenvalue weighted by Gasteiger charge is 2.18. The van der Waals surface area contributed by atoms with Gasteiger partial charge in [-0.05, 0) is 47.7 Å². The highest BCUT2D eigenvalue weighted by atomic mass is 32.1. The maximum atomic E-state index is 3.79. The monoisotopic (exact) mass is 319 g/mol. The molecule has 4 heteroatoms. The Bertz CT molecular complexity index is 562. The highest BCUT2D eigenvalue weighted by molar-refractivity contribution is 7.11. The van der Waals surface area contributed by atoms with Gasteiger partial charge in [-0.2, -0.15) is 0 Å². The van der Waals surface area contributed by atoms with Crippen LogP contribution in [0.2, 0.25) is 0 Å². The van der Waals surface area contributed by atoms with E-state index < -0.39 is 0 Å². The molecule has 0 aliphatic heterocycles. The van der Waals surface area contributed by atoms with E-state index in [9.17, 15) is 0 Å². The van der Waals surface area contributed by atoms with E-state index in [2.05, 4.69) is 64.8 Å². The first kappa shape index (κ1) is 14.0. The van der Waals surface area contributed by atoms with Gasteiger partial charge in [-0.15, -0.1) is 34.0 Å². The number of rotatable bonds is 6. The molecule has 0 aromatic carbocycles. The fourth-order valence-corrected chi connectivity index (χ4v) is 4.80. The van der Waals surface area contributed by atoms with Crippen molar-refractivity contribution in [2.45, 2.75) is 25.4 Å². The molecule has 0 amide bonds. The van der Waals surface area contributed by atoms with Crippen molar-refractivity contribution in [1.29, 1.82) is 0 Å². The first-order chi connectivity index (χ1) is 9.83. The van der Waals surface area contributed by atoms with Crippen LogP contribution in [0.4, 0.5) is 0 Å². The molecule has 1 unspecified atom stereocenters. The summed E-state index contributed by atoms with van der Waals surface area (Å²) in [6, 6.07) is 13.8. The largest absolute Gasteiger partial charge is 0.302 e. The molecule has 0 aliphatic rings. The zero-order chi connectivity index (χ0) is 13.8. The molecule has 1 nitrogen and oxygen atoms in total. The fraction of sp³-hybridized carbons (Fsp3) is 0.250. The van der Waals surface area contributed by atoms with Gasteiger partial charge in [0.1, 0.15) is 0 Å². The Kier molecular flexibility index (Phi) is 4.68. The fourth-order valence-electron chi connectivity index (χ4n) is 2.29. The summed E-state index contributed by atoms with van der Waals surface area (Å²) >= 11 is 5.49. The van der Waals surface area contributed by atoms with E-state index in [1.165, 1.54) is 14.6 Å². The molecule has 0 fully saturated rings. The van der Waals surface area contributed by atoms with Crippen LogP contribution < -0.4 is 5.32 Å². The molecule has 3 heterocycles. The predicted octanol–water partition coefficient (Wildman–Crippen LogP) is 5.18. The smallest absolute Gasteiger partial charge is 0.0767 e. The minimum Gasteiger partial charge on any atom is -0.302 e. The molecule has 3 aromatic heterocycles. The van der Waals surface area contributed by atoms with E-state index in [-0.39, 0.29) is 0 Å². The van der Waals surface area contributed by atoms with Gasteiger partial charge in [0, 0.05) is 20.7 Å². The maximum absolute atomic E-state index is 3.79. The van der Waals surface area contributed by atoms with Gasteiger partial charge < -0.3 is 5.32 Å². The molecular weight excluding hydrogens is 302 g/mol. The molecular formula is C16H17NS3. The molecule has 0 saturated carbocycles. The summed E-state index contributed by atoms with van der Waals surface area (Å²) in [4.78, 5) is 4.23.